The molecule has 0 bridgehead atoms. The number of hydrogen-bond acceptors (Lipinski definition) is 7. The Hall–Kier alpha value is -4.83. The van der Waals surface area contributed by atoms with Crippen molar-refractivity contribution >= 4 is 35.3 Å². The molecule has 0 aliphatic carbocycles. The third-order valence-corrected chi connectivity index (χ3v) is 5.99. The molecular weight excluding hydrogens is 502 g/mol. The van der Waals surface area contributed by atoms with E-state index in [-0.39, 0.29) is 53.3 Å². The minimum absolute atomic E-state index is 0.212. The van der Waals surface area contributed by atoms with Gasteiger partial charge in [0.25, 0.3) is 23.6 Å². The first-order chi connectivity index (χ1) is 18.8. The summed E-state index contributed by atoms with van der Waals surface area (Å²) in [6.45, 7) is 2.17. The van der Waals surface area contributed by atoms with E-state index in [0.29, 0.717) is 24.3 Å². The Morgan fingerprint density at radius 1 is 0.846 bits per heavy atom. The highest BCUT2D eigenvalue weighted by molar-refractivity contribution is 6.22. The Labute approximate surface area is 224 Å². The molecule has 4 amide bonds. The molecule has 10 nitrogen and oxygen atoms in total. The predicted octanol–water partition coefficient (Wildman–Crippen LogP) is 3.43. The lowest BCUT2D eigenvalue weighted by molar-refractivity contribution is -0.131. The van der Waals surface area contributed by atoms with Gasteiger partial charge in [-0.3, -0.25) is 28.9 Å². The molecule has 1 heterocycles. The molecule has 10 heteroatoms. The van der Waals surface area contributed by atoms with Gasteiger partial charge in [0.05, 0.1) is 11.1 Å². The second-order valence-corrected chi connectivity index (χ2v) is 8.82. The summed E-state index contributed by atoms with van der Waals surface area (Å²) < 4.78 is 10.00. The number of imide groups is 1. The minimum atomic E-state index is -0.477. The highest BCUT2D eigenvalue weighted by Crippen LogP contribution is 2.24. The lowest BCUT2D eigenvalue weighted by Gasteiger charge is -2.12. The third kappa shape index (κ3) is 6.55. The van der Waals surface area contributed by atoms with Crippen molar-refractivity contribution in [3.8, 4) is 5.75 Å². The SMILES string of the molecule is COCCCN1C(=O)c2ccc(C(=O)NCc3ccc(NC(=O)c4cccc(OC(C)=O)c4)cc3)cc2C1=O. The first-order valence-corrected chi connectivity index (χ1v) is 12.2. The van der Waals surface area contributed by atoms with E-state index in [9.17, 15) is 24.0 Å². The van der Waals surface area contributed by atoms with Crippen molar-refractivity contribution < 1.29 is 33.4 Å². The van der Waals surface area contributed by atoms with Gasteiger partial charge in [0.2, 0.25) is 0 Å². The van der Waals surface area contributed by atoms with Gasteiger partial charge < -0.3 is 20.1 Å². The van der Waals surface area contributed by atoms with Gasteiger partial charge in [-0.2, -0.15) is 0 Å². The van der Waals surface area contributed by atoms with Gasteiger partial charge in [0.15, 0.2) is 0 Å². The molecule has 200 valence electrons. The fourth-order valence-corrected chi connectivity index (χ4v) is 4.06. The zero-order valence-electron chi connectivity index (χ0n) is 21.5. The molecule has 0 atom stereocenters. The number of hydrogen-bond donors (Lipinski definition) is 2. The Morgan fingerprint density at radius 3 is 2.28 bits per heavy atom. The fourth-order valence-electron chi connectivity index (χ4n) is 4.06. The van der Waals surface area contributed by atoms with Gasteiger partial charge in [-0.15, -0.1) is 0 Å². The van der Waals surface area contributed by atoms with Gasteiger partial charge in [-0.25, -0.2) is 0 Å². The Bertz CT molecular complexity index is 1430. The van der Waals surface area contributed by atoms with Gasteiger partial charge >= 0.3 is 5.97 Å². The molecule has 0 radical (unpaired) electrons. The zero-order chi connectivity index (χ0) is 27.9. The first-order valence-electron chi connectivity index (χ1n) is 12.2. The number of fused-ring (bicyclic) bond motifs is 1. The first kappa shape index (κ1) is 27.2. The molecule has 1 aliphatic heterocycles. The monoisotopic (exact) mass is 529 g/mol. The van der Waals surface area contributed by atoms with Crippen LogP contribution in [0.5, 0.6) is 5.75 Å². The summed E-state index contributed by atoms with van der Waals surface area (Å²) in [6.07, 6.45) is 0.529. The lowest BCUT2D eigenvalue weighted by Crippen LogP contribution is -2.31. The number of amides is 4. The Morgan fingerprint density at radius 2 is 1.56 bits per heavy atom. The molecule has 4 rings (SSSR count). The van der Waals surface area contributed by atoms with Crippen molar-refractivity contribution in [3.05, 3.63) is 94.5 Å². The molecule has 0 aromatic heterocycles. The van der Waals surface area contributed by atoms with Crippen LogP contribution in [0.4, 0.5) is 5.69 Å². The maximum atomic E-state index is 12.7. The van der Waals surface area contributed by atoms with E-state index in [1.165, 1.54) is 36.1 Å². The largest absolute Gasteiger partial charge is 0.427 e. The maximum Gasteiger partial charge on any atom is 0.308 e. The molecular formula is C29H27N3O7. The van der Waals surface area contributed by atoms with E-state index in [4.69, 9.17) is 9.47 Å². The molecule has 2 N–H and O–H groups in total. The van der Waals surface area contributed by atoms with Gasteiger partial charge in [0.1, 0.15) is 5.75 Å². The smallest absolute Gasteiger partial charge is 0.308 e. The third-order valence-electron chi connectivity index (χ3n) is 5.99. The Balaban J connectivity index is 1.33. The van der Waals surface area contributed by atoms with Crippen molar-refractivity contribution in [1.82, 2.24) is 10.2 Å². The average Bonchev–Trinajstić information content (AvgIpc) is 3.16. The van der Waals surface area contributed by atoms with Crippen LogP contribution in [0.3, 0.4) is 0 Å². The molecule has 1 aliphatic rings. The van der Waals surface area contributed by atoms with Crippen molar-refractivity contribution in [2.75, 3.05) is 25.6 Å². The number of nitrogens with one attached hydrogen (secondary N) is 2. The summed E-state index contributed by atoms with van der Waals surface area (Å²) in [7, 11) is 1.55. The molecule has 3 aromatic rings. The van der Waals surface area contributed by atoms with Crippen LogP contribution < -0.4 is 15.4 Å². The standard InChI is InChI=1S/C29H27N3O7/c1-18(33)39-23-6-3-5-20(15-23)27(35)31-22-10-7-19(8-11-22)17-30-26(34)21-9-12-24-25(16-21)29(37)32(28(24)36)13-4-14-38-2/h3,5-12,15-16H,4,13-14,17H2,1-2H3,(H,30,34)(H,31,35). The summed E-state index contributed by atoms with van der Waals surface area (Å²) in [5.74, 6) is -1.75. The molecule has 0 fully saturated rings. The van der Waals surface area contributed by atoms with Gasteiger partial charge in [-0.05, 0) is 60.5 Å². The number of anilines is 1. The van der Waals surface area contributed by atoms with E-state index in [0.717, 1.165) is 5.56 Å². The van der Waals surface area contributed by atoms with Crippen LogP contribution in [0.25, 0.3) is 0 Å². The summed E-state index contributed by atoms with van der Waals surface area (Å²) in [4.78, 5) is 62.8. The van der Waals surface area contributed by atoms with E-state index in [2.05, 4.69) is 10.6 Å². The zero-order valence-corrected chi connectivity index (χ0v) is 21.5. The van der Waals surface area contributed by atoms with E-state index >= 15 is 0 Å². The van der Waals surface area contributed by atoms with E-state index < -0.39 is 11.9 Å². The minimum Gasteiger partial charge on any atom is -0.427 e. The number of nitrogens with zero attached hydrogens (tertiary/aromatic N) is 1. The van der Waals surface area contributed by atoms with Crippen LogP contribution in [0.1, 0.15) is 60.3 Å². The van der Waals surface area contributed by atoms with Crippen LogP contribution in [0, 0.1) is 0 Å². The topological polar surface area (TPSA) is 131 Å². The normalized spacial score (nSPS) is 12.2. The van der Waals surface area contributed by atoms with Crippen molar-refractivity contribution in [3.63, 3.8) is 0 Å². The maximum absolute atomic E-state index is 12.7. The van der Waals surface area contributed by atoms with E-state index in [1.807, 2.05) is 0 Å². The molecule has 0 saturated heterocycles. The summed E-state index contributed by atoms with van der Waals surface area (Å²) in [5, 5.41) is 5.57. The average molecular weight is 530 g/mol. The number of ether oxygens (including phenoxy) is 2. The Kier molecular flexibility index (Phi) is 8.47. The number of carbonyl (C=O) groups excluding carboxylic acids is 5. The van der Waals surface area contributed by atoms with Crippen molar-refractivity contribution in [2.24, 2.45) is 0 Å². The van der Waals surface area contributed by atoms with Crippen molar-refractivity contribution in [2.45, 2.75) is 19.9 Å². The van der Waals surface area contributed by atoms with Crippen LogP contribution >= 0.6 is 0 Å². The predicted molar refractivity (Wildman–Crippen MR) is 142 cm³/mol. The van der Waals surface area contributed by atoms with Crippen LogP contribution in [-0.4, -0.2) is 54.8 Å². The number of rotatable bonds is 10. The number of carbonyl (C=O) groups is 5. The summed E-state index contributed by atoms with van der Waals surface area (Å²) in [6, 6.07) is 17.7. The summed E-state index contributed by atoms with van der Waals surface area (Å²) in [5.41, 5.74) is 2.43. The molecule has 0 spiro atoms. The molecule has 0 unspecified atom stereocenters. The second kappa shape index (κ2) is 12.1. The van der Waals surface area contributed by atoms with Gasteiger partial charge in [-0.1, -0.05) is 18.2 Å². The van der Waals surface area contributed by atoms with Crippen molar-refractivity contribution in [1.29, 1.82) is 0 Å². The molecule has 39 heavy (non-hydrogen) atoms. The number of esters is 1. The highest BCUT2D eigenvalue weighted by atomic mass is 16.5. The number of methoxy groups -OCH3 is 1. The van der Waals surface area contributed by atoms with Crippen LogP contribution in [0.2, 0.25) is 0 Å². The van der Waals surface area contributed by atoms with Crippen LogP contribution in [0.15, 0.2) is 66.7 Å². The lowest BCUT2D eigenvalue weighted by atomic mass is 10.1. The quantitative estimate of drug-likeness (QED) is 0.178. The molecule has 0 saturated carbocycles. The number of benzene rings is 3. The second-order valence-electron chi connectivity index (χ2n) is 8.82. The summed E-state index contributed by atoms with van der Waals surface area (Å²) >= 11 is 0. The fraction of sp³-hybridized carbons (Fsp3) is 0.207. The van der Waals surface area contributed by atoms with E-state index in [1.54, 1.807) is 49.6 Å². The molecule has 3 aromatic carbocycles. The highest BCUT2D eigenvalue weighted by Gasteiger charge is 2.35. The van der Waals surface area contributed by atoms with Crippen LogP contribution in [-0.2, 0) is 16.1 Å². The van der Waals surface area contributed by atoms with Gasteiger partial charge in [0, 0.05) is 50.5 Å².